The van der Waals surface area contributed by atoms with Crippen LogP contribution in [0.2, 0.25) is 0 Å². The second kappa shape index (κ2) is 6.68. The van der Waals surface area contributed by atoms with Crippen LogP contribution in [0.5, 0.6) is 17.2 Å². The number of nitriles is 1. The third-order valence-corrected chi connectivity index (χ3v) is 4.14. The van der Waals surface area contributed by atoms with Crippen molar-refractivity contribution in [3.8, 4) is 23.3 Å². The van der Waals surface area contributed by atoms with Crippen LogP contribution in [0, 0.1) is 17.2 Å². The van der Waals surface area contributed by atoms with Crippen LogP contribution >= 0.6 is 0 Å². The topological polar surface area (TPSA) is 77.5 Å². The maximum atomic E-state index is 9.20. The lowest BCUT2D eigenvalue weighted by Crippen LogP contribution is -2.42. The van der Waals surface area contributed by atoms with Gasteiger partial charge >= 0.3 is 0 Å². The van der Waals surface area contributed by atoms with Gasteiger partial charge in [0.15, 0.2) is 0 Å². The minimum absolute atomic E-state index is 0.204. The highest BCUT2D eigenvalue weighted by atomic mass is 16.5. The molecular weight excluding hydrogens is 268 g/mol. The van der Waals surface area contributed by atoms with Gasteiger partial charge in [-0.2, -0.15) is 5.26 Å². The van der Waals surface area contributed by atoms with Crippen molar-refractivity contribution in [3.63, 3.8) is 0 Å². The Hall–Kier alpha value is -1.93. The van der Waals surface area contributed by atoms with E-state index in [1.54, 1.807) is 20.3 Å². The van der Waals surface area contributed by atoms with E-state index >= 15 is 0 Å². The largest absolute Gasteiger partial charge is 0.496 e. The maximum absolute atomic E-state index is 9.20. The summed E-state index contributed by atoms with van der Waals surface area (Å²) in [5, 5.41) is 9.20. The van der Waals surface area contributed by atoms with Crippen molar-refractivity contribution in [2.24, 2.45) is 11.7 Å². The fraction of sp³-hybridized carbons (Fsp3) is 0.562. The van der Waals surface area contributed by atoms with Gasteiger partial charge in [0.2, 0.25) is 0 Å². The molecule has 5 heteroatoms. The van der Waals surface area contributed by atoms with Gasteiger partial charge in [-0.25, -0.2) is 0 Å². The molecule has 1 aliphatic carbocycles. The number of hydrogen-bond acceptors (Lipinski definition) is 5. The SMILES string of the molecule is COc1cc(OC)cc(OCCC2CCCC2(N)C#N)c1. The van der Waals surface area contributed by atoms with Gasteiger partial charge in [0.05, 0.1) is 26.9 Å². The Kier molecular flexibility index (Phi) is 4.92. The summed E-state index contributed by atoms with van der Waals surface area (Å²) < 4.78 is 16.2. The molecule has 1 aliphatic rings. The van der Waals surface area contributed by atoms with E-state index < -0.39 is 5.54 Å². The lowest BCUT2D eigenvalue weighted by atomic mass is 9.87. The second-order valence-corrected chi connectivity index (χ2v) is 5.43. The fourth-order valence-electron chi connectivity index (χ4n) is 2.84. The number of ether oxygens (including phenoxy) is 3. The smallest absolute Gasteiger partial charge is 0.126 e. The van der Waals surface area contributed by atoms with E-state index in [9.17, 15) is 5.26 Å². The zero-order chi connectivity index (χ0) is 15.3. The molecule has 0 aliphatic heterocycles. The molecule has 0 radical (unpaired) electrons. The van der Waals surface area contributed by atoms with Crippen LogP contribution in [0.4, 0.5) is 0 Å². The van der Waals surface area contributed by atoms with Gasteiger partial charge in [-0.3, -0.25) is 0 Å². The van der Waals surface area contributed by atoms with Gasteiger partial charge in [0, 0.05) is 18.2 Å². The van der Waals surface area contributed by atoms with Crippen molar-refractivity contribution < 1.29 is 14.2 Å². The third-order valence-electron chi connectivity index (χ3n) is 4.14. The second-order valence-electron chi connectivity index (χ2n) is 5.43. The predicted molar refractivity (Wildman–Crippen MR) is 79.5 cm³/mol. The van der Waals surface area contributed by atoms with Crippen molar-refractivity contribution in [1.29, 1.82) is 5.26 Å². The van der Waals surface area contributed by atoms with Gasteiger partial charge in [0.25, 0.3) is 0 Å². The summed E-state index contributed by atoms with van der Waals surface area (Å²) in [6, 6.07) is 7.69. The first-order chi connectivity index (χ1) is 10.1. The predicted octanol–water partition coefficient (Wildman–Crippen LogP) is 2.49. The van der Waals surface area contributed by atoms with E-state index in [0.717, 1.165) is 25.7 Å². The monoisotopic (exact) mass is 290 g/mol. The molecule has 2 rings (SSSR count). The summed E-state index contributed by atoms with van der Waals surface area (Å²) in [7, 11) is 3.21. The van der Waals surface area contributed by atoms with Gasteiger partial charge in [-0.05, 0) is 25.2 Å². The van der Waals surface area contributed by atoms with Crippen LogP contribution < -0.4 is 19.9 Å². The van der Waals surface area contributed by atoms with E-state index in [1.165, 1.54) is 0 Å². The van der Waals surface area contributed by atoms with Crippen LogP contribution in [-0.2, 0) is 0 Å². The molecule has 2 atom stereocenters. The molecule has 0 amide bonds. The van der Waals surface area contributed by atoms with Crippen LogP contribution in [-0.4, -0.2) is 26.4 Å². The quantitative estimate of drug-likeness (QED) is 0.871. The summed E-state index contributed by atoms with van der Waals surface area (Å²) in [6.45, 7) is 0.529. The number of nitrogens with two attached hydrogens (primary N) is 1. The highest BCUT2D eigenvalue weighted by molar-refractivity contribution is 5.41. The van der Waals surface area contributed by atoms with Crippen LogP contribution in [0.15, 0.2) is 18.2 Å². The number of nitrogens with zero attached hydrogens (tertiary/aromatic N) is 1. The Bertz CT molecular complexity index is 504. The summed E-state index contributed by atoms with van der Waals surface area (Å²) in [5.74, 6) is 2.28. The molecular formula is C16H22N2O3. The maximum Gasteiger partial charge on any atom is 0.126 e. The summed E-state index contributed by atoms with van der Waals surface area (Å²) in [5.41, 5.74) is 5.43. The lowest BCUT2D eigenvalue weighted by molar-refractivity contribution is 0.252. The molecule has 0 heterocycles. The Morgan fingerprint density at radius 3 is 2.43 bits per heavy atom. The molecule has 0 spiro atoms. The highest BCUT2D eigenvalue weighted by Gasteiger charge is 2.39. The van der Waals surface area contributed by atoms with Crippen LogP contribution in [0.25, 0.3) is 0 Å². The Morgan fingerprint density at radius 1 is 1.24 bits per heavy atom. The fourth-order valence-corrected chi connectivity index (χ4v) is 2.84. The van der Waals surface area contributed by atoms with E-state index in [2.05, 4.69) is 6.07 Å². The number of hydrogen-bond donors (Lipinski definition) is 1. The molecule has 0 bridgehead atoms. The first kappa shape index (κ1) is 15.5. The molecule has 5 nitrogen and oxygen atoms in total. The lowest BCUT2D eigenvalue weighted by Gasteiger charge is -2.23. The first-order valence-corrected chi connectivity index (χ1v) is 7.17. The molecule has 1 fully saturated rings. The van der Waals surface area contributed by atoms with Gasteiger partial charge in [-0.15, -0.1) is 0 Å². The van der Waals surface area contributed by atoms with E-state index in [-0.39, 0.29) is 5.92 Å². The van der Waals surface area contributed by atoms with Crippen molar-refractivity contribution in [1.82, 2.24) is 0 Å². The zero-order valence-corrected chi connectivity index (χ0v) is 12.6. The molecule has 1 saturated carbocycles. The van der Waals surface area contributed by atoms with E-state index in [4.69, 9.17) is 19.9 Å². The molecule has 2 N–H and O–H groups in total. The Balaban J connectivity index is 1.93. The van der Waals surface area contributed by atoms with Crippen molar-refractivity contribution in [2.75, 3.05) is 20.8 Å². The van der Waals surface area contributed by atoms with Gasteiger partial charge in [0.1, 0.15) is 22.8 Å². The molecule has 1 aromatic carbocycles. The summed E-state index contributed by atoms with van der Waals surface area (Å²) in [4.78, 5) is 0. The Morgan fingerprint density at radius 2 is 1.86 bits per heavy atom. The third kappa shape index (κ3) is 3.59. The standard InChI is InChI=1S/C16H22N2O3/c1-19-13-8-14(20-2)10-15(9-13)21-7-5-12-4-3-6-16(12,18)11-17/h8-10,12H,3-7,18H2,1-2H3. The van der Waals surface area contributed by atoms with E-state index in [0.29, 0.717) is 23.9 Å². The molecule has 114 valence electrons. The zero-order valence-electron chi connectivity index (χ0n) is 12.6. The molecule has 1 aromatic rings. The average molecular weight is 290 g/mol. The first-order valence-electron chi connectivity index (χ1n) is 7.17. The molecule has 2 unspecified atom stereocenters. The van der Waals surface area contributed by atoms with Crippen molar-refractivity contribution >= 4 is 0 Å². The summed E-state index contributed by atoms with van der Waals surface area (Å²) in [6.07, 6.45) is 3.57. The highest BCUT2D eigenvalue weighted by Crippen LogP contribution is 2.36. The van der Waals surface area contributed by atoms with Gasteiger partial charge < -0.3 is 19.9 Å². The van der Waals surface area contributed by atoms with E-state index in [1.807, 2.05) is 12.1 Å². The number of rotatable bonds is 6. The molecule has 0 saturated heterocycles. The van der Waals surface area contributed by atoms with Crippen LogP contribution in [0.3, 0.4) is 0 Å². The van der Waals surface area contributed by atoms with Crippen molar-refractivity contribution in [3.05, 3.63) is 18.2 Å². The number of methoxy groups -OCH3 is 2. The molecule has 0 aromatic heterocycles. The summed E-state index contributed by atoms with van der Waals surface area (Å²) >= 11 is 0. The van der Waals surface area contributed by atoms with Crippen LogP contribution in [0.1, 0.15) is 25.7 Å². The Labute approximate surface area is 125 Å². The van der Waals surface area contributed by atoms with Crippen molar-refractivity contribution in [2.45, 2.75) is 31.2 Å². The average Bonchev–Trinajstić information content (AvgIpc) is 2.88. The number of benzene rings is 1. The minimum atomic E-state index is -0.685. The van der Waals surface area contributed by atoms with Gasteiger partial charge in [-0.1, -0.05) is 6.42 Å². The molecule has 21 heavy (non-hydrogen) atoms. The normalized spacial score (nSPS) is 24.4. The minimum Gasteiger partial charge on any atom is -0.496 e.